The Morgan fingerprint density at radius 3 is 2.56 bits per heavy atom. The van der Waals surface area contributed by atoms with E-state index in [1.165, 1.54) is 38.5 Å². The number of unbranched alkanes of at least 4 members (excludes halogenated alkanes) is 5. The van der Waals surface area contributed by atoms with Crippen molar-refractivity contribution in [2.24, 2.45) is 12.8 Å². The van der Waals surface area contributed by atoms with Crippen molar-refractivity contribution in [1.29, 1.82) is 0 Å². The van der Waals surface area contributed by atoms with Gasteiger partial charge in [-0.25, -0.2) is 4.98 Å². The van der Waals surface area contributed by atoms with Crippen LogP contribution in [-0.2, 0) is 7.05 Å². The topological polar surface area (TPSA) is 43.8 Å². The van der Waals surface area contributed by atoms with Crippen molar-refractivity contribution in [1.82, 2.24) is 9.55 Å². The van der Waals surface area contributed by atoms with Crippen LogP contribution in [-0.4, -0.2) is 9.55 Å². The molecule has 0 bridgehead atoms. The highest BCUT2D eigenvalue weighted by molar-refractivity contribution is 4.97. The van der Waals surface area contributed by atoms with Crippen molar-refractivity contribution in [2.75, 3.05) is 0 Å². The summed E-state index contributed by atoms with van der Waals surface area (Å²) in [4.78, 5) is 4.28. The van der Waals surface area contributed by atoms with Gasteiger partial charge in [-0.2, -0.15) is 0 Å². The quantitative estimate of drug-likeness (QED) is 0.688. The Bertz CT molecular complexity index is 280. The normalized spacial score (nSPS) is 12.9. The fraction of sp³-hybridized carbons (Fsp3) is 0.769. The third kappa shape index (κ3) is 4.35. The van der Waals surface area contributed by atoms with E-state index in [4.69, 9.17) is 5.73 Å². The van der Waals surface area contributed by atoms with E-state index < -0.39 is 0 Å². The van der Waals surface area contributed by atoms with Gasteiger partial charge in [0.2, 0.25) is 0 Å². The van der Waals surface area contributed by atoms with Gasteiger partial charge in [0, 0.05) is 19.4 Å². The summed E-state index contributed by atoms with van der Waals surface area (Å²) in [5, 5.41) is 0. The minimum absolute atomic E-state index is 0.103. The number of nitrogens with zero attached hydrogens (tertiary/aromatic N) is 2. The molecule has 2 N–H and O–H groups in total. The van der Waals surface area contributed by atoms with Crippen LogP contribution in [0.1, 0.15) is 63.7 Å². The Kier molecular flexibility index (Phi) is 6.16. The fourth-order valence-electron chi connectivity index (χ4n) is 2.01. The standard InChI is InChI=1S/C13H25N3/c1-3-4-5-6-7-8-9-12(14)13-15-10-11-16(13)2/h10-12H,3-9,14H2,1-2H3. The van der Waals surface area contributed by atoms with E-state index in [0.717, 1.165) is 12.2 Å². The molecule has 0 aromatic carbocycles. The Balaban J connectivity index is 2.11. The second-order valence-electron chi connectivity index (χ2n) is 4.56. The Morgan fingerprint density at radius 1 is 1.25 bits per heavy atom. The summed E-state index contributed by atoms with van der Waals surface area (Å²) in [6.07, 6.45) is 12.7. The summed E-state index contributed by atoms with van der Waals surface area (Å²) >= 11 is 0. The maximum atomic E-state index is 6.10. The van der Waals surface area contributed by atoms with E-state index in [1.807, 2.05) is 24.0 Å². The zero-order chi connectivity index (χ0) is 11.8. The number of aryl methyl sites for hydroxylation is 1. The lowest BCUT2D eigenvalue weighted by molar-refractivity contribution is 0.523. The SMILES string of the molecule is CCCCCCCCC(N)c1nccn1C. The highest BCUT2D eigenvalue weighted by Crippen LogP contribution is 2.16. The molecule has 0 saturated carbocycles. The van der Waals surface area contributed by atoms with E-state index in [0.29, 0.717) is 0 Å². The monoisotopic (exact) mass is 223 g/mol. The second-order valence-corrected chi connectivity index (χ2v) is 4.56. The van der Waals surface area contributed by atoms with Gasteiger partial charge < -0.3 is 10.3 Å². The van der Waals surface area contributed by atoms with Crippen LogP contribution in [0, 0.1) is 0 Å². The third-order valence-corrected chi connectivity index (χ3v) is 3.06. The predicted molar refractivity (Wildman–Crippen MR) is 68.1 cm³/mol. The number of hydrogen-bond donors (Lipinski definition) is 1. The Hall–Kier alpha value is -0.830. The molecule has 1 atom stereocenters. The lowest BCUT2D eigenvalue weighted by Gasteiger charge is -2.11. The summed E-state index contributed by atoms with van der Waals surface area (Å²) in [5.74, 6) is 1.01. The molecular weight excluding hydrogens is 198 g/mol. The molecule has 0 radical (unpaired) electrons. The van der Waals surface area contributed by atoms with Gasteiger partial charge in [0.25, 0.3) is 0 Å². The van der Waals surface area contributed by atoms with Crippen molar-refractivity contribution in [3.63, 3.8) is 0 Å². The summed E-state index contributed by atoms with van der Waals surface area (Å²) in [7, 11) is 2.00. The molecule has 1 rings (SSSR count). The number of hydrogen-bond acceptors (Lipinski definition) is 2. The Morgan fingerprint density at radius 2 is 1.94 bits per heavy atom. The van der Waals surface area contributed by atoms with E-state index in [-0.39, 0.29) is 6.04 Å². The van der Waals surface area contributed by atoms with Crippen LogP contribution in [0.15, 0.2) is 12.4 Å². The summed E-state index contributed by atoms with van der Waals surface area (Å²) in [5.41, 5.74) is 6.10. The average Bonchev–Trinajstić information content (AvgIpc) is 2.69. The van der Waals surface area contributed by atoms with E-state index >= 15 is 0 Å². The first kappa shape index (κ1) is 13.2. The van der Waals surface area contributed by atoms with Gasteiger partial charge in [0.05, 0.1) is 6.04 Å². The van der Waals surface area contributed by atoms with Crippen LogP contribution in [0.2, 0.25) is 0 Å². The highest BCUT2D eigenvalue weighted by atomic mass is 15.1. The van der Waals surface area contributed by atoms with Gasteiger partial charge in [-0.1, -0.05) is 45.4 Å². The molecule has 92 valence electrons. The van der Waals surface area contributed by atoms with Crippen LogP contribution in [0.25, 0.3) is 0 Å². The molecule has 0 aliphatic rings. The Labute approximate surface area is 99.1 Å². The van der Waals surface area contributed by atoms with Crippen LogP contribution < -0.4 is 5.73 Å². The zero-order valence-electron chi connectivity index (χ0n) is 10.7. The highest BCUT2D eigenvalue weighted by Gasteiger charge is 2.09. The van der Waals surface area contributed by atoms with Gasteiger partial charge in [-0.05, 0) is 6.42 Å². The minimum atomic E-state index is 0.103. The molecule has 0 aliphatic heterocycles. The molecule has 0 fully saturated rings. The lowest BCUT2D eigenvalue weighted by Crippen LogP contribution is -2.15. The molecule has 1 unspecified atom stereocenters. The molecule has 0 spiro atoms. The molecule has 0 amide bonds. The van der Waals surface area contributed by atoms with E-state index in [2.05, 4.69) is 11.9 Å². The molecule has 0 aliphatic carbocycles. The van der Waals surface area contributed by atoms with Crippen LogP contribution in [0.3, 0.4) is 0 Å². The maximum Gasteiger partial charge on any atom is 0.125 e. The van der Waals surface area contributed by atoms with Crippen molar-refractivity contribution in [3.8, 4) is 0 Å². The largest absolute Gasteiger partial charge is 0.337 e. The first-order chi connectivity index (χ1) is 7.75. The molecule has 1 aromatic heterocycles. The number of aromatic nitrogens is 2. The summed E-state index contributed by atoms with van der Waals surface area (Å²) in [6, 6.07) is 0.103. The number of nitrogens with two attached hydrogens (primary N) is 1. The minimum Gasteiger partial charge on any atom is -0.337 e. The lowest BCUT2D eigenvalue weighted by atomic mass is 10.1. The average molecular weight is 223 g/mol. The molecule has 1 heterocycles. The van der Waals surface area contributed by atoms with Crippen LogP contribution >= 0.6 is 0 Å². The van der Waals surface area contributed by atoms with Gasteiger partial charge in [0.1, 0.15) is 5.82 Å². The van der Waals surface area contributed by atoms with E-state index in [9.17, 15) is 0 Å². The number of imidazole rings is 1. The van der Waals surface area contributed by atoms with E-state index in [1.54, 1.807) is 0 Å². The molecule has 3 nitrogen and oxygen atoms in total. The smallest absolute Gasteiger partial charge is 0.125 e. The maximum absolute atomic E-state index is 6.10. The van der Waals surface area contributed by atoms with Gasteiger partial charge in [-0.15, -0.1) is 0 Å². The van der Waals surface area contributed by atoms with Crippen LogP contribution in [0.5, 0.6) is 0 Å². The first-order valence-corrected chi connectivity index (χ1v) is 6.48. The van der Waals surface area contributed by atoms with Crippen molar-refractivity contribution in [3.05, 3.63) is 18.2 Å². The fourth-order valence-corrected chi connectivity index (χ4v) is 2.01. The molecule has 3 heteroatoms. The van der Waals surface area contributed by atoms with Crippen LogP contribution in [0.4, 0.5) is 0 Å². The van der Waals surface area contributed by atoms with Gasteiger partial charge >= 0.3 is 0 Å². The van der Waals surface area contributed by atoms with Crippen molar-refractivity contribution < 1.29 is 0 Å². The molecular formula is C13H25N3. The zero-order valence-corrected chi connectivity index (χ0v) is 10.7. The summed E-state index contributed by atoms with van der Waals surface area (Å²) in [6.45, 7) is 2.25. The van der Waals surface area contributed by atoms with Crippen molar-refractivity contribution >= 4 is 0 Å². The third-order valence-electron chi connectivity index (χ3n) is 3.06. The second kappa shape index (κ2) is 7.44. The molecule has 1 aromatic rings. The number of rotatable bonds is 8. The molecule has 16 heavy (non-hydrogen) atoms. The summed E-state index contributed by atoms with van der Waals surface area (Å²) < 4.78 is 2.02. The predicted octanol–water partition coefficient (Wildman–Crippen LogP) is 3.17. The van der Waals surface area contributed by atoms with Gasteiger partial charge in [0.15, 0.2) is 0 Å². The first-order valence-electron chi connectivity index (χ1n) is 6.48. The van der Waals surface area contributed by atoms with Gasteiger partial charge in [-0.3, -0.25) is 0 Å². The molecule has 0 saturated heterocycles. The van der Waals surface area contributed by atoms with Crippen molar-refractivity contribution in [2.45, 2.75) is 57.9 Å².